The molecule has 2 fully saturated rings. The fourth-order valence-electron chi connectivity index (χ4n) is 9.49. The number of unbranched alkanes of at least 4 members (excludes halogenated alkanes) is 26. The van der Waals surface area contributed by atoms with E-state index in [1.54, 1.807) is 0 Å². The Morgan fingerprint density at radius 1 is 0.521 bits per heavy atom. The Hall–Kier alpha value is -1.79. The molecule has 0 spiro atoms. The first-order valence-electron chi connectivity index (χ1n) is 28.7. The number of nitrogens with one attached hydrogen (secondary N) is 1. The standard InChI is InChI=1S/C57H105NO13/c1-3-5-7-9-11-13-15-17-18-19-20-21-22-23-24-25-26-27-29-30-32-34-36-38-40-46(61)45(58-49(62)41-39-37-35-33-31-28-16-14-12-10-8-6-4-2)44-68-56-54(67)52(65)55(48(43-60)70-56)71-57-53(66)51(64)50(63)47(42-59)69-57/h6,8,12,14,28,31,45-48,50-57,59-61,63-67H,3-5,7,9-11,13,15-27,29-30,32-44H2,1-2H3,(H,58,62)/b8-6-,14-12-,31-28-. The summed E-state index contributed by atoms with van der Waals surface area (Å²) in [7, 11) is 0. The molecule has 14 nitrogen and oxygen atoms in total. The molecule has 0 aromatic carbocycles. The molecule has 0 radical (unpaired) electrons. The average molecular weight is 1010 g/mol. The molecule has 1 amide bonds. The number of hydrogen-bond donors (Lipinski definition) is 9. The van der Waals surface area contributed by atoms with Gasteiger partial charge in [-0.15, -0.1) is 0 Å². The van der Waals surface area contributed by atoms with Crippen molar-refractivity contribution in [1.29, 1.82) is 0 Å². The maximum Gasteiger partial charge on any atom is 0.220 e. The minimum atomic E-state index is -1.79. The first-order chi connectivity index (χ1) is 34.6. The van der Waals surface area contributed by atoms with Crippen LogP contribution >= 0.6 is 0 Å². The lowest BCUT2D eigenvalue weighted by Gasteiger charge is -2.46. The van der Waals surface area contributed by atoms with Gasteiger partial charge in [0.15, 0.2) is 12.6 Å². The molecule has 0 aromatic rings. The smallest absolute Gasteiger partial charge is 0.220 e. The van der Waals surface area contributed by atoms with Crippen molar-refractivity contribution in [3.8, 4) is 0 Å². The van der Waals surface area contributed by atoms with E-state index in [0.29, 0.717) is 12.8 Å². The molecular weight excluding hydrogens is 907 g/mol. The zero-order valence-corrected chi connectivity index (χ0v) is 44.5. The third kappa shape index (κ3) is 29.8. The van der Waals surface area contributed by atoms with E-state index in [2.05, 4.69) is 55.6 Å². The monoisotopic (exact) mass is 1010 g/mol. The Morgan fingerprint density at radius 2 is 0.972 bits per heavy atom. The van der Waals surface area contributed by atoms with E-state index in [1.807, 2.05) is 0 Å². The van der Waals surface area contributed by atoms with Crippen LogP contribution in [0.2, 0.25) is 0 Å². The number of carbonyl (C=O) groups excluding carboxylic acids is 1. The largest absolute Gasteiger partial charge is 0.394 e. The Morgan fingerprint density at radius 3 is 1.48 bits per heavy atom. The van der Waals surface area contributed by atoms with Gasteiger partial charge in [-0.1, -0.05) is 211 Å². The summed E-state index contributed by atoms with van der Waals surface area (Å²) in [4.78, 5) is 13.2. The predicted octanol–water partition coefficient (Wildman–Crippen LogP) is 9.05. The predicted molar refractivity (Wildman–Crippen MR) is 281 cm³/mol. The molecule has 12 atom stereocenters. The van der Waals surface area contributed by atoms with Crippen LogP contribution in [0.15, 0.2) is 36.5 Å². The van der Waals surface area contributed by atoms with Gasteiger partial charge in [0.05, 0.1) is 32.0 Å². The third-order valence-corrected chi connectivity index (χ3v) is 14.1. The second-order valence-electron chi connectivity index (χ2n) is 20.4. The SMILES string of the molecule is CC/C=C\C/C=C\C/C=C\CCCCCC(=O)NC(COC1OC(CO)C(OC2OC(CO)C(O)C(O)C2O)C(O)C1O)C(O)CCCCCCCCCCCCCCCCCCCCCCCCCC. The summed E-state index contributed by atoms with van der Waals surface area (Å²) in [5.74, 6) is -0.235. The minimum Gasteiger partial charge on any atom is -0.394 e. The van der Waals surface area contributed by atoms with Crippen molar-refractivity contribution in [2.45, 2.75) is 299 Å². The van der Waals surface area contributed by atoms with E-state index in [9.17, 15) is 45.6 Å². The highest BCUT2D eigenvalue weighted by Gasteiger charge is 2.51. The van der Waals surface area contributed by atoms with Crippen molar-refractivity contribution in [3.05, 3.63) is 36.5 Å². The van der Waals surface area contributed by atoms with Crippen LogP contribution in [0.3, 0.4) is 0 Å². The molecule has 71 heavy (non-hydrogen) atoms. The van der Waals surface area contributed by atoms with Crippen LogP contribution in [-0.4, -0.2) is 140 Å². The Balaban J connectivity index is 1.74. The van der Waals surface area contributed by atoms with E-state index in [1.165, 1.54) is 128 Å². The highest BCUT2D eigenvalue weighted by atomic mass is 16.7. The molecule has 12 unspecified atom stereocenters. The number of ether oxygens (including phenoxy) is 4. The second-order valence-corrected chi connectivity index (χ2v) is 20.4. The third-order valence-electron chi connectivity index (χ3n) is 14.1. The molecular formula is C57H105NO13. The molecule has 2 aliphatic heterocycles. The molecule has 416 valence electrons. The van der Waals surface area contributed by atoms with E-state index in [-0.39, 0.29) is 18.9 Å². The van der Waals surface area contributed by atoms with Gasteiger partial charge < -0.3 is 65.1 Å². The summed E-state index contributed by atoms with van der Waals surface area (Å²) < 4.78 is 22.8. The van der Waals surface area contributed by atoms with E-state index in [0.717, 1.165) is 64.2 Å². The van der Waals surface area contributed by atoms with Gasteiger partial charge in [0.25, 0.3) is 0 Å². The van der Waals surface area contributed by atoms with Gasteiger partial charge in [0.1, 0.15) is 48.8 Å². The fourth-order valence-corrected chi connectivity index (χ4v) is 9.49. The summed E-state index contributed by atoms with van der Waals surface area (Å²) in [6.07, 6.45) is 34.5. The quantitative estimate of drug-likeness (QED) is 0.0205. The maximum atomic E-state index is 13.2. The molecule has 14 heteroatoms. The lowest BCUT2D eigenvalue weighted by Crippen LogP contribution is -2.65. The number of aliphatic hydroxyl groups is 8. The molecule has 2 heterocycles. The fraction of sp³-hybridized carbons (Fsp3) is 0.877. The zero-order chi connectivity index (χ0) is 51.7. The first-order valence-corrected chi connectivity index (χ1v) is 28.7. The first kappa shape index (κ1) is 65.3. The number of aliphatic hydroxyl groups excluding tert-OH is 8. The Bertz CT molecular complexity index is 1330. The summed E-state index contributed by atoms with van der Waals surface area (Å²) >= 11 is 0. The normalized spacial score (nSPS) is 26.0. The van der Waals surface area contributed by atoms with Gasteiger partial charge in [-0.25, -0.2) is 0 Å². The van der Waals surface area contributed by atoms with Gasteiger partial charge in [-0.05, 0) is 44.9 Å². The number of rotatable bonds is 45. The molecule has 0 bridgehead atoms. The van der Waals surface area contributed by atoms with Gasteiger partial charge in [0, 0.05) is 6.42 Å². The molecule has 0 aliphatic carbocycles. The summed E-state index contributed by atoms with van der Waals surface area (Å²) in [6, 6.07) is -0.843. The average Bonchev–Trinajstić information content (AvgIpc) is 3.37. The molecule has 2 saturated heterocycles. The molecule has 0 saturated carbocycles. The van der Waals surface area contributed by atoms with Crippen LogP contribution in [-0.2, 0) is 23.7 Å². The van der Waals surface area contributed by atoms with Crippen molar-refractivity contribution in [3.63, 3.8) is 0 Å². The van der Waals surface area contributed by atoms with Gasteiger partial charge in [0.2, 0.25) is 5.91 Å². The van der Waals surface area contributed by atoms with Crippen LogP contribution < -0.4 is 5.32 Å². The Kier molecular flexibility index (Phi) is 40.0. The van der Waals surface area contributed by atoms with Crippen LogP contribution in [0.4, 0.5) is 0 Å². The van der Waals surface area contributed by atoms with Crippen molar-refractivity contribution >= 4 is 5.91 Å². The number of carbonyl (C=O) groups is 1. The van der Waals surface area contributed by atoms with E-state index in [4.69, 9.17) is 18.9 Å². The lowest BCUT2D eigenvalue weighted by molar-refractivity contribution is -0.359. The summed E-state index contributed by atoms with van der Waals surface area (Å²) in [6.45, 7) is 2.73. The van der Waals surface area contributed by atoms with Crippen LogP contribution in [0, 0.1) is 0 Å². The zero-order valence-electron chi connectivity index (χ0n) is 44.5. The molecule has 2 rings (SSSR count). The van der Waals surface area contributed by atoms with Crippen LogP contribution in [0.5, 0.6) is 0 Å². The highest BCUT2D eigenvalue weighted by Crippen LogP contribution is 2.30. The molecule has 9 N–H and O–H groups in total. The topological polar surface area (TPSA) is 228 Å². The van der Waals surface area contributed by atoms with Crippen LogP contribution in [0.25, 0.3) is 0 Å². The molecule has 0 aromatic heterocycles. The van der Waals surface area contributed by atoms with E-state index < -0.39 is 86.8 Å². The molecule has 2 aliphatic rings. The number of amides is 1. The second kappa shape index (κ2) is 43.4. The van der Waals surface area contributed by atoms with Gasteiger partial charge >= 0.3 is 0 Å². The summed E-state index contributed by atoms with van der Waals surface area (Å²) in [5.41, 5.74) is 0. The maximum absolute atomic E-state index is 13.2. The number of hydrogen-bond acceptors (Lipinski definition) is 13. The van der Waals surface area contributed by atoms with Crippen molar-refractivity contribution in [2.75, 3.05) is 19.8 Å². The van der Waals surface area contributed by atoms with Crippen LogP contribution in [0.1, 0.15) is 226 Å². The lowest BCUT2D eigenvalue weighted by atomic mass is 9.97. The minimum absolute atomic E-state index is 0.235. The van der Waals surface area contributed by atoms with E-state index >= 15 is 0 Å². The van der Waals surface area contributed by atoms with Gasteiger partial charge in [-0.2, -0.15) is 0 Å². The summed E-state index contributed by atoms with van der Waals surface area (Å²) in [5, 5.41) is 87.1. The van der Waals surface area contributed by atoms with Gasteiger partial charge in [-0.3, -0.25) is 4.79 Å². The van der Waals surface area contributed by atoms with Crippen molar-refractivity contribution < 1.29 is 64.6 Å². The number of allylic oxidation sites excluding steroid dienone is 6. The van der Waals surface area contributed by atoms with Crippen molar-refractivity contribution in [2.24, 2.45) is 0 Å². The highest BCUT2D eigenvalue weighted by molar-refractivity contribution is 5.76. The van der Waals surface area contributed by atoms with Crippen molar-refractivity contribution in [1.82, 2.24) is 5.32 Å². The Labute approximate surface area is 430 Å².